The van der Waals surface area contributed by atoms with Crippen LogP contribution in [0.1, 0.15) is 11.3 Å². The van der Waals surface area contributed by atoms with Crippen molar-refractivity contribution in [1.29, 1.82) is 0 Å². The van der Waals surface area contributed by atoms with Crippen LogP contribution in [0.25, 0.3) is 11.4 Å². The van der Waals surface area contributed by atoms with Crippen LogP contribution >= 0.6 is 0 Å². The summed E-state index contributed by atoms with van der Waals surface area (Å²) >= 11 is 0. The highest BCUT2D eigenvalue weighted by Gasteiger charge is 2.18. The van der Waals surface area contributed by atoms with E-state index in [1.807, 2.05) is 18.2 Å². The molecule has 6 heteroatoms. The number of fused-ring (bicyclic) bond motifs is 2. The molecule has 0 bridgehead atoms. The molecule has 0 unspecified atom stereocenters. The van der Waals surface area contributed by atoms with E-state index in [-0.39, 0.29) is 12.4 Å². The van der Waals surface area contributed by atoms with Gasteiger partial charge in [0, 0.05) is 12.0 Å². The first-order valence-corrected chi connectivity index (χ1v) is 6.41. The Morgan fingerprint density at radius 1 is 1.20 bits per heavy atom. The van der Waals surface area contributed by atoms with Crippen LogP contribution in [0.4, 0.5) is 0 Å². The molecule has 20 heavy (non-hydrogen) atoms. The summed E-state index contributed by atoms with van der Waals surface area (Å²) in [6, 6.07) is 5.50. The highest BCUT2D eigenvalue weighted by molar-refractivity contribution is 5.61. The van der Waals surface area contributed by atoms with Crippen molar-refractivity contribution in [3.05, 3.63) is 39.8 Å². The molecule has 0 amide bonds. The average molecular weight is 272 g/mol. The van der Waals surface area contributed by atoms with E-state index < -0.39 is 0 Å². The van der Waals surface area contributed by atoms with Gasteiger partial charge in [-0.25, -0.2) is 4.98 Å². The lowest BCUT2D eigenvalue weighted by Crippen LogP contribution is -2.24. The van der Waals surface area contributed by atoms with Crippen LogP contribution in [0.5, 0.6) is 11.5 Å². The number of aromatic nitrogens is 2. The van der Waals surface area contributed by atoms with Crippen LogP contribution in [0.15, 0.2) is 23.0 Å². The quantitative estimate of drug-likeness (QED) is 0.845. The van der Waals surface area contributed by atoms with E-state index >= 15 is 0 Å². The van der Waals surface area contributed by atoms with Crippen LogP contribution in [0, 0.1) is 0 Å². The summed E-state index contributed by atoms with van der Waals surface area (Å²) in [6.07, 6.45) is 0.663. The Kier molecular flexibility index (Phi) is 2.50. The first-order valence-electron chi connectivity index (χ1n) is 6.41. The Hall–Kier alpha value is -2.34. The number of hydrogen-bond acceptors (Lipinski definition) is 5. The summed E-state index contributed by atoms with van der Waals surface area (Å²) in [4.78, 5) is 19.4. The van der Waals surface area contributed by atoms with Gasteiger partial charge in [-0.15, -0.1) is 0 Å². The van der Waals surface area contributed by atoms with Crippen LogP contribution in [0.3, 0.4) is 0 Å². The summed E-state index contributed by atoms with van der Waals surface area (Å²) in [5, 5.41) is 0. The molecule has 0 aliphatic carbocycles. The van der Waals surface area contributed by atoms with Gasteiger partial charge in [0.25, 0.3) is 5.56 Å². The van der Waals surface area contributed by atoms with Gasteiger partial charge in [0.2, 0.25) is 6.79 Å². The summed E-state index contributed by atoms with van der Waals surface area (Å²) in [6.45, 7) is 1.16. The maximum atomic E-state index is 12.1. The van der Waals surface area contributed by atoms with Crippen LogP contribution in [-0.2, 0) is 17.8 Å². The van der Waals surface area contributed by atoms with Gasteiger partial charge < -0.3 is 19.2 Å². The second kappa shape index (κ2) is 4.35. The topological polar surface area (TPSA) is 73.4 Å². The van der Waals surface area contributed by atoms with Crippen molar-refractivity contribution in [3.8, 4) is 22.9 Å². The lowest BCUT2D eigenvalue weighted by molar-refractivity contribution is 0.108. The third-order valence-electron chi connectivity index (χ3n) is 3.48. The molecule has 1 aromatic carbocycles. The number of ether oxygens (including phenoxy) is 3. The fourth-order valence-corrected chi connectivity index (χ4v) is 2.42. The Morgan fingerprint density at radius 2 is 2.10 bits per heavy atom. The normalized spacial score (nSPS) is 16.0. The van der Waals surface area contributed by atoms with Gasteiger partial charge >= 0.3 is 0 Å². The highest BCUT2D eigenvalue weighted by atomic mass is 16.7. The van der Waals surface area contributed by atoms with Gasteiger partial charge in [-0.05, 0) is 18.2 Å². The SMILES string of the molecule is O=c1[nH]c(-c2ccc3c(c2)OCO3)nc2c1COCC2. The molecule has 0 atom stereocenters. The molecule has 2 aromatic rings. The molecule has 1 N–H and O–H groups in total. The van der Waals surface area contributed by atoms with Crippen LogP contribution < -0.4 is 15.0 Å². The van der Waals surface area contributed by atoms with Crippen molar-refractivity contribution in [1.82, 2.24) is 9.97 Å². The number of H-pyrrole nitrogens is 1. The average Bonchev–Trinajstić information content (AvgIpc) is 2.94. The molecule has 0 saturated carbocycles. The van der Waals surface area contributed by atoms with E-state index in [1.165, 1.54) is 0 Å². The van der Waals surface area contributed by atoms with E-state index in [4.69, 9.17) is 14.2 Å². The Labute approximate surface area is 114 Å². The van der Waals surface area contributed by atoms with Crippen molar-refractivity contribution < 1.29 is 14.2 Å². The van der Waals surface area contributed by atoms with Crippen molar-refractivity contribution in [2.24, 2.45) is 0 Å². The van der Waals surface area contributed by atoms with Crippen molar-refractivity contribution in [2.75, 3.05) is 13.4 Å². The molecule has 4 rings (SSSR count). The molecule has 0 fully saturated rings. The van der Waals surface area contributed by atoms with Crippen molar-refractivity contribution in [3.63, 3.8) is 0 Å². The summed E-state index contributed by atoms with van der Waals surface area (Å²) < 4.78 is 15.9. The minimum atomic E-state index is -0.137. The minimum absolute atomic E-state index is 0.137. The van der Waals surface area contributed by atoms with Crippen LogP contribution in [-0.4, -0.2) is 23.4 Å². The third-order valence-corrected chi connectivity index (χ3v) is 3.48. The molecule has 3 heterocycles. The van der Waals surface area contributed by atoms with Crippen LogP contribution in [0.2, 0.25) is 0 Å². The van der Waals surface area contributed by atoms with E-state index in [1.54, 1.807) is 0 Å². The second-order valence-corrected chi connectivity index (χ2v) is 4.71. The Bertz CT molecular complexity index is 738. The maximum Gasteiger partial charge on any atom is 0.256 e. The lowest BCUT2D eigenvalue weighted by Gasteiger charge is -2.15. The molecule has 0 saturated heterocycles. The predicted molar refractivity (Wildman–Crippen MR) is 69.8 cm³/mol. The summed E-state index contributed by atoms with van der Waals surface area (Å²) in [5.74, 6) is 1.93. The Morgan fingerprint density at radius 3 is 3.05 bits per heavy atom. The van der Waals surface area contributed by atoms with E-state index in [2.05, 4.69) is 9.97 Å². The molecule has 1 aromatic heterocycles. The molecule has 0 spiro atoms. The molecule has 2 aliphatic heterocycles. The third kappa shape index (κ3) is 1.77. The number of aromatic amines is 1. The highest BCUT2D eigenvalue weighted by Crippen LogP contribution is 2.34. The number of benzene rings is 1. The number of rotatable bonds is 1. The van der Waals surface area contributed by atoms with Crippen molar-refractivity contribution in [2.45, 2.75) is 13.0 Å². The maximum absolute atomic E-state index is 12.1. The fourth-order valence-electron chi connectivity index (χ4n) is 2.42. The summed E-state index contributed by atoms with van der Waals surface area (Å²) in [5.41, 5.74) is 2.11. The number of nitrogens with zero attached hydrogens (tertiary/aromatic N) is 1. The van der Waals surface area contributed by atoms with Gasteiger partial charge in [0.15, 0.2) is 11.5 Å². The number of nitrogens with one attached hydrogen (secondary N) is 1. The zero-order valence-electron chi connectivity index (χ0n) is 10.6. The van der Waals surface area contributed by atoms with E-state index in [9.17, 15) is 4.79 Å². The van der Waals surface area contributed by atoms with E-state index in [0.29, 0.717) is 42.5 Å². The van der Waals surface area contributed by atoms with Gasteiger partial charge in [-0.3, -0.25) is 4.79 Å². The molecule has 2 aliphatic rings. The monoisotopic (exact) mass is 272 g/mol. The fraction of sp³-hybridized carbons (Fsp3) is 0.286. The van der Waals surface area contributed by atoms with E-state index in [0.717, 1.165) is 11.3 Å². The lowest BCUT2D eigenvalue weighted by atomic mass is 10.1. The van der Waals surface area contributed by atoms with Gasteiger partial charge in [-0.1, -0.05) is 0 Å². The zero-order valence-corrected chi connectivity index (χ0v) is 10.6. The smallest absolute Gasteiger partial charge is 0.256 e. The Balaban J connectivity index is 1.82. The largest absolute Gasteiger partial charge is 0.454 e. The molecular formula is C14H12N2O4. The predicted octanol–water partition coefficient (Wildman–Crippen LogP) is 1.24. The first-order chi connectivity index (χ1) is 9.81. The van der Waals surface area contributed by atoms with Gasteiger partial charge in [0.05, 0.1) is 24.5 Å². The van der Waals surface area contributed by atoms with Gasteiger partial charge in [0.1, 0.15) is 5.82 Å². The molecule has 102 valence electrons. The minimum Gasteiger partial charge on any atom is -0.454 e. The number of hydrogen-bond donors (Lipinski definition) is 1. The molecule has 6 nitrogen and oxygen atoms in total. The standard InChI is InChI=1S/C14H12N2O4/c17-14-9-6-18-4-3-10(9)15-13(16-14)8-1-2-11-12(5-8)20-7-19-11/h1-2,5H,3-4,6-7H2,(H,15,16,17). The van der Waals surface area contributed by atoms with Gasteiger partial charge in [-0.2, -0.15) is 0 Å². The molecule has 0 radical (unpaired) electrons. The summed E-state index contributed by atoms with van der Waals surface area (Å²) in [7, 11) is 0. The molecular weight excluding hydrogens is 260 g/mol. The van der Waals surface area contributed by atoms with Crippen molar-refractivity contribution >= 4 is 0 Å². The zero-order chi connectivity index (χ0) is 13.5. The second-order valence-electron chi connectivity index (χ2n) is 4.71. The first kappa shape index (κ1) is 11.5.